The van der Waals surface area contributed by atoms with Gasteiger partial charge in [-0.15, -0.1) is 0 Å². The van der Waals surface area contributed by atoms with Crippen molar-refractivity contribution in [3.05, 3.63) is 28.0 Å². The molecule has 0 aliphatic rings. The lowest BCUT2D eigenvalue weighted by molar-refractivity contribution is 0.107. The molecule has 60 valence electrons. The molecule has 0 spiro atoms. The lowest BCUT2D eigenvalue weighted by Crippen LogP contribution is -1.98. The summed E-state index contributed by atoms with van der Waals surface area (Å²) in [5.74, 6) is 0. The van der Waals surface area contributed by atoms with E-state index in [1.165, 1.54) is 6.07 Å². The van der Waals surface area contributed by atoms with E-state index >= 15 is 0 Å². The molecule has 0 saturated heterocycles. The van der Waals surface area contributed by atoms with Crippen LogP contribution >= 0.6 is 27.5 Å². The summed E-state index contributed by atoms with van der Waals surface area (Å²) in [4.78, 5) is 14.5. The van der Waals surface area contributed by atoms with Gasteiger partial charge in [-0.25, -0.2) is 4.98 Å². The van der Waals surface area contributed by atoms with Crippen molar-refractivity contribution in [2.75, 3.05) is 0 Å². The summed E-state index contributed by atoms with van der Waals surface area (Å²) in [6, 6.07) is 4.87. The molecule has 1 rings (SSSR count). The number of hydrogen-bond acceptors (Lipinski definition) is 3. The third kappa shape index (κ3) is 1.81. The minimum absolute atomic E-state index is 0.0199. The van der Waals surface area contributed by atoms with E-state index in [1.54, 1.807) is 6.07 Å². The van der Waals surface area contributed by atoms with Crippen molar-refractivity contribution in [1.29, 1.82) is 5.26 Å². The maximum absolute atomic E-state index is 10.7. The van der Waals surface area contributed by atoms with E-state index in [2.05, 4.69) is 20.9 Å². The molecule has 1 heterocycles. The Balaban J connectivity index is 3.34. The quantitative estimate of drug-likeness (QED) is 0.562. The van der Waals surface area contributed by atoms with Crippen LogP contribution in [0.1, 0.15) is 16.1 Å². The van der Waals surface area contributed by atoms with Crippen molar-refractivity contribution in [2.24, 2.45) is 0 Å². The molecule has 0 unspecified atom stereocenters. The van der Waals surface area contributed by atoms with E-state index in [1.807, 2.05) is 6.07 Å². The molecule has 0 saturated carbocycles. The number of nitriles is 1. The maximum atomic E-state index is 10.7. The molecule has 1 aromatic rings. The van der Waals surface area contributed by atoms with Gasteiger partial charge in [0.1, 0.15) is 16.4 Å². The van der Waals surface area contributed by atoms with Gasteiger partial charge in [-0.3, -0.25) is 4.79 Å². The van der Waals surface area contributed by atoms with Crippen molar-refractivity contribution in [3.63, 3.8) is 0 Å². The molecule has 0 fully saturated rings. The summed E-state index contributed by atoms with van der Waals surface area (Å²) in [6.07, 6.45) is 0. The molecule has 0 aromatic carbocycles. The predicted octanol–water partition coefficient (Wildman–Crippen LogP) is 2.09. The summed E-state index contributed by atoms with van der Waals surface area (Å²) in [5, 5.41) is 7.81. The maximum Gasteiger partial charge on any atom is 0.272 e. The van der Waals surface area contributed by atoms with Crippen LogP contribution in [0.4, 0.5) is 0 Å². The minimum Gasteiger partial charge on any atom is -0.274 e. The van der Waals surface area contributed by atoms with E-state index in [-0.39, 0.29) is 11.3 Å². The van der Waals surface area contributed by atoms with Gasteiger partial charge in [0.15, 0.2) is 0 Å². The van der Waals surface area contributed by atoms with Crippen LogP contribution in [0, 0.1) is 11.3 Å². The summed E-state index contributed by atoms with van der Waals surface area (Å²) < 4.78 is 0.477. The molecule has 0 aliphatic carbocycles. The first-order valence-electron chi connectivity index (χ1n) is 2.91. The zero-order valence-corrected chi connectivity index (χ0v) is 8.06. The Labute approximate surface area is 82.1 Å². The Hall–Kier alpha value is -0.920. The molecule has 3 nitrogen and oxygen atoms in total. The summed E-state index contributed by atoms with van der Waals surface area (Å²) in [5.41, 5.74) is 0.159. The number of carbonyl (C=O) groups is 1. The summed E-state index contributed by atoms with van der Waals surface area (Å²) >= 11 is 8.25. The highest BCUT2D eigenvalue weighted by molar-refractivity contribution is 9.10. The monoisotopic (exact) mass is 244 g/mol. The van der Waals surface area contributed by atoms with Crippen molar-refractivity contribution in [1.82, 2.24) is 4.98 Å². The number of rotatable bonds is 1. The van der Waals surface area contributed by atoms with Crippen LogP contribution in [0.5, 0.6) is 0 Å². The molecule has 0 atom stereocenters. The third-order valence-corrected chi connectivity index (χ3v) is 1.79. The number of nitrogens with zero attached hydrogens (tertiary/aromatic N) is 2. The van der Waals surface area contributed by atoms with Crippen LogP contribution < -0.4 is 0 Å². The summed E-state index contributed by atoms with van der Waals surface area (Å²) in [6.45, 7) is 0. The first-order valence-corrected chi connectivity index (χ1v) is 4.08. The third-order valence-electron chi connectivity index (χ3n) is 1.17. The highest BCUT2D eigenvalue weighted by Gasteiger charge is 2.10. The van der Waals surface area contributed by atoms with E-state index < -0.39 is 5.24 Å². The zero-order chi connectivity index (χ0) is 9.14. The van der Waals surface area contributed by atoms with Gasteiger partial charge in [0, 0.05) is 0 Å². The second kappa shape index (κ2) is 3.65. The van der Waals surface area contributed by atoms with Crippen LogP contribution in [0.3, 0.4) is 0 Å². The molecule has 0 aliphatic heterocycles. The Morgan fingerprint density at radius 2 is 2.33 bits per heavy atom. The van der Waals surface area contributed by atoms with Gasteiger partial charge in [0.25, 0.3) is 5.24 Å². The Bertz CT molecular complexity index is 372. The molecular weight excluding hydrogens is 243 g/mol. The lowest BCUT2D eigenvalue weighted by Gasteiger charge is -1.96. The van der Waals surface area contributed by atoms with Gasteiger partial charge < -0.3 is 0 Å². The zero-order valence-electron chi connectivity index (χ0n) is 5.71. The van der Waals surface area contributed by atoms with Crippen molar-refractivity contribution in [2.45, 2.75) is 0 Å². The number of hydrogen-bond donors (Lipinski definition) is 0. The minimum atomic E-state index is -0.729. The fourth-order valence-electron chi connectivity index (χ4n) is 0.675. The average Bonchev–Trinajstić information content (AvgIpc) is 2.04. The molecule has 1 aromatic heterocycles. The fourth-order valence-corrected chi connectivity index (χ4v) is 1.13. The SMILES string of the molecule is N#Cc1ccc(Br)nc1C(=O)Cl. The Kier molecular flexibility index (Phi) is 2.79. The highest BCUT2D eigenvalue weighted by atomic mass is 79.9. The number of aromatic nitrogens is 1. The number of carbonyl (C=O) groups excluding carboxylic acids is 1. The smallest absolute Gasteiger partial charge is 0.272 e. The predicted molar refractivity (Wildman–Crippen MR) is 46.8 cm³/mol. The Morgan fingerprint density at radius 3 is 2.83 bits per heavy atom. The molecule has 0 N–H and O–H groups in total. The standard InChI is InChI=1S/C7H2BrClN2O/c8-5-2-1-4(3-10)6(11-5)7(9)12/h1-2H. The second-order valence-electron chi connectivity index (χ2n) is 1.92. The van der Waals surface area contributed by atoms with Crippen LogP contribution in [0.25, 0.3) is 0 Å². The first-order chi connectivity index (χ1) is 5.65. The fraction of sp³-hybridized carbons (Fsp3) is 0. The number of pyridine rings is 1. The van der Waals surface area contributed by atoms with Crippen LogP contribution in [-0.2, 0) is 0 Å². The van der Waals surface area contributed by atoms with Gasteiger partial charge in [-0.2, -0.15) is 5.26 Å². The van der Waals surface area contributed by atoms with Crippen molar-refractivity contribution < 1.29 is 4.79 Å². The van der Waals surface area contributed by atoms with Gasteiger partial charge in [-0.1, -0.05) is 0 Å². The van der Waals surface area contributed by atoms with Crippen molar-refractivity contribution in [3.8, 4) is 6.07 Å². The number of halogens is 2. The second-order valence-corrected chi connectivity index (χ2v) is 3.07. The van der Waals surface area contributed by atoms with E-state index in [0.717, 1.165) is 0 Å². The average molecular weight is 245 g/mol. The van der Waals surface area contributed by atoms with Crippen LogP contribution in [0.2, 0.25) is 0 Å². The van der Waals surface area contributed by atoms with Crippen LogP contribution in [0.15, 0.2) is 16.7 Å². The van der Waals surface area contributed by atoms with Crippen LogP contribution in [-0.4, -0.2) is 10.2 Å². The van der Waals surface area contributed by atoms with Crippen molar-refractivity contribution >= 4 is 32.8 Å². The lowest BCUT2D eigenvalue weighted by atomic mass is 10.2. The van der Waals surface area contributed by atoms with Gasteiger partial charge in [0.05, 0.1) is 5.56 Å². The van der Waals surface area contributed by atoms with E-state index in [9.17, 15) is 4.79 Å². The molecule has 0 radical (unpaired) electrons. The first kappa shape index (κ1) is 9.17. The van der Waals surface area contributed by atoms with Gasteiger partial charge in [-0.05, 0) is 39.7 Å². The molecule has 5 heteroatoms. The summed E-state index contributed by atoms with van der Waals surface area (Å²) in [7, 11) is 0. The largest absolute Gasteiger partial charge is 0.274 e. The van der Waals surface area contributed by atoms with E-state index in [0.29, 0.717) is 4.60 Å². The van der Waals surface area contributed by atoms with Gasteiger partial charge >= 0.3 is 0 Å². The highest BCUT2D eigenvalue weighted by Crippen LogP contribution is 2.13. The molecule has 0 amide bonds. The Morgan fingerprint density at radius 1 is 1.67 bits per heavy atom. The normalized spacial score (nSPS) is 9.08. The molecule has 0 bridgehead atoms. The molecule has 12 heavy (non-hydrogen) atoms. The topological polar surface area (TPSA) is 53.8 Å². The molecular formula is C7H2BrClN2O. The van der Waals surface area contributed by atoms with E-state index in [4.69, 9.17) is 16.9 Å². The van der Waals surface area contributed by atoms with Gasteiger partial charge in [0.2, 0.25) is 0 Å².